The largest absolute Gasteiger partial charge is 0.563 e. The molecular weight excluding hydrogens is 403 g/mol. The zero-order valence-electron chi connectivity index (χ0n) is 21.3. The molecule has 2 aromatic carbocycles. The Bertz CT molecular complexity index is 1060. The molecule has 174 valence electrons. The van der Waals surface area contributed by atoms with Crippen molar-refractivity contribution in [1.82, 2.24) is 0 Å². The molecule has 1 aliphatic heterocycles. The Kier molecular flexibility index (Phi) is 4.87. The fourth-order valence-electron chi connectivity index (χ4n) is 7.86. The van der Waals surface area contributed by atoms with E-state index in [1.807, 2.05) is 0 Å². The first kappa shape index (κ1) is 21.8. The zero-order valence-corrected chi connectivity index (χ0v) is 21.3. The van der Waals surface area contributed by atoms with Crippen LogP contribution in [0.1, 0.15) is 89.8 Å². The van der Waals surface area contributed by atoms with Crippen molar-refractivity contribution in [2.24, 2.45) is 17.8 Å². The van der Waals surface area contributed by atoms with Crippen LogP contribution in [0, 0.1) is 24.7 Å². The molecule has 0 radical (unpaired) electrons. The van der Waals surface area contributed by atoms with Gasteiger partial charge < -0.3 is 9.31 Å². The topological polar surface area (TPSA) is 18.5 Å². The second kappa shape index (κ2) is 7.38. The number of benzene rings is 2. The first-order valence-corrected chi connectivity index (χ1v) is 13.2. The average molecular weight is 442 g/mol. The maximum absolute atomic E-state index is 6.89. The van der Waals surface area contributed by atoms with Crippen LogP contribution in [0.3, 0.4) is 0 Å². The smallest absolute Gasteiger partial charge is 0.532 e. The highest BCUT2D eigenvalue weighted by atomic mass is 16.6. The van der Waals surface area contributed by atoms with Gasteiger partial charge in [0, 0.05) is 17.1 Å². The standard InChI is InChI=1S/C30H39BO2/c1-18(2)32-31-27-9-19(3)7-8-24(27)25-13-23(29(4,5)6)14-26(28(25)33-31)30-15-20-10-21(16-30)12-22(11-20)17-30/h7-9,13-14,18,20-22H,10-12,15-17H2,1-6H3. The van der Waals surface area contributed by atoms with E-state index in [1.165, 1.54) is 71.8 Å². The summed E-state index contributed by atoms with van der Waals surface area (Å²) in [6.07, 6.45) is 8.53. The van der Waals surface area contributed by atoms with Crippen LogP contribution < -0.4 is 10.1 Å². The predicted octanol–water partition coefficient (Wildman–Crippen LogP) is 6.94. The molecule has 2 nitrogen and oxygen atoms in total. The molecule has 5 aliphatic rings. The molecule has 2 aromatic rings. The van der Waals surface area contributed by atoms with E-state index in [-0.39, 0.29) is 24.1 Å². The van der Waals surface area contributed by atoms with Crippen LogP contribution >= 0.6 is 0 Å². The molecule has 0 atom stereocenters. The van der Waals surface area contributed by atoms with Gasteiger partial charge in [0.2, 0.25) is 0 Å². The molecule has 0 spiro atoms. The molecule has 4 aliphatic carbocycles. The van der Waals surface area contributed by atoms with E-state index in [1.54, 1.807) is 0 Å². The monoisotopic (exact) mass is 442 g/mol. The zero-order chi connectivity index (χ0) is 23.1. The van der Waals surface area contributed by atoms with Gasteiger partial charge in [-0.25, -0.2) is 0 Å². The molecule has 0 aromatic heterocycles. The minimum absolute atomic E-state index is 0.0994. The van der Waals surface area contributed by atoms with Gasteiger partial charge in [-0.15, -0.1) is 0 Å². The molecule has 0 saturated heterocycles. The Balaban J connectivity index is 1.58. The Morgan fingerprint density at radius 2 is 1.58 bits per heavy atom. The van der Waals surface area contributed by atoms with Gasteiger partial charge in [-0.05, 0) is 111 Å². The first-order chi connectivity index (χ1) is 15.6. The molecule has 33 heavy (non-hydrogen) atoms. The molecule has 4 bridgehead atoms. The van der Waals surface area contributed by atoms with Crippen LogP contribution in [0.25, 0.3) is 11.1 Å². The van der Waals surface area contributed by atoms with Gasteiger partial charge in [-0.2, -0.15) is 0 Å². The summed E-state index contributed by atoms with van der Waals surface area (Å²) in [6.45, 7) is 13.4. The minimum atomic E-state index is -0.333. The molecule has 4 saturated carbocycles. The van der Waals surface area contributed by atoms with Crippen molar-refractivity contribution in [3.63, 3.8) is 0 Å². The maximum atomic E-state index is 6.89. The van der Waals surface area contributed by atoms with E-state index in [4.69, 9.17) is 9.31 Å². The highest BCUT2D eigenvalue weighted by Gasteiger charge is 2.53. The van der Waals surface area contributed by atoms with Crippen LogP contribution in [-0.4, -0.2) is 13.2 Å². The first-order valence-electron chi connectivity index (χ1n) is 13.2. The third-order valence-corrected chi connectivity index (χ3v) is 8.94. The number of aryl methyl sites for hydroxylation is 1. The summed E-state index contributed by atoms with van der Waals surface area (Å²) < 4.78 is 13.3. The summed E-state index contributed by atoms with van der Waals surface area (Å²) in [6, 6.07) is 11.8. The summed E-state index contributed by atoms with van der Waals surface area (Å²) in [5, 5.41) is 0. The van der Waals surface area contributed by atoms with E-state index in [2.05, 4.69) is 71.9 Å². The number of hydrogen-bond donors (Lipinski definition) is 0. The second-order valence-electron chi connectivity index (χ2n) is 13.1. The van der Waals surface area contributed by atoms with Crippen molar-refractivity contribution in [3.05, 3.63) is 47.0 Å². The lowest BCUT2D eigenvalue weighted by Gasteiger charge is -2.57. The van der Waals surface area contributed by atoms with Crippen molar-refractivity contribution in [2.45, 2.75) is 97.0 Å². The van der Waals surface area contributed by atoms with Crippen LogP contribution in [0.15, 0.2) is 30.3 Å². The molecule has 3 heteroatoms. The Morgan fingerprint density at radius 3 is 2.15 bits per heavy atom. The van der Waals surface area contributed by atoms with Crippen molar-refractivity contribution in [2.75, 3.05) is 0 Å². The summed E-state index contributed by atoms with van der Waals surface area (Å²) in [5.41, 5.74) is 8.33. The lowest BCUT2D eigenvalue weighted by Crippen LogP contribution is -2.50. The Hall–Kier alpha value is -1.74. The van der Waals surface area contributed by atoms with Crippen LogP contribution in [0.5, 0.6) is 5.75 Å². The normalized spacial score (nSPS) is 29.8. The van der Waals surface area contributed by atoms with Crippen molar-refractivity contribution in [3.8, 4) is 16.9 Å². The van der Waals surface area contributed by atoms with E-state index in [0.29, 0.717) is 0 Å². The maximum Gasteiger partial charge on any atom is 0.563 e. The van der Waals surface area contributed by atoms with E-state index in [9.17, 15) is 0 Å². The van der Waals surface area contributed by atoms with Gasteiger partial charge in [0.25, 0.3) is 0 Å². The molecule has 0 amide bonds. The second-order valence-corrected chi connectivity index (χ2v) is 13.1. The van der Waals surface area contributed by atoms with Crippen molar-refractivity contribution in [1.29, 1.82) is 0 Å². The highest BCUT2D eigenvalue weighted by molar-refractivity contribution is 6.64. The summed E-state index contributed by atoms with van der Waals surface area (Å²) in [7, 11) is -0.333. The minimum Gasteiger partial charge on any atom is -0.532 e. The van der Waals surface area contributed by atoms with E-state index < -0.39 is 0 Å². The van der Waals surface area contributed by atoms with Gasteiger partial charge in [0.1, 0.15) is 5.75 Å². The van der Waals surface area contributed by atoms with Crippen molar-refractivity contribution < 1.29 is 9.31 Å². The number of fused-ring (bicyclic) bond motifs is 3. The van der Waals surface area contributed by atoms with Gasteiger partial charge >= 0.3 is 7.12 Å². The Labute approximate surface area is 200 Å². The van der Waals surface area contributed by atoms with Crippen molar-refractivity contribution >= 4 is 12.6 Å². The molecule has 7 rings (SSSR count). The molecular formula is C30H39BO2. The number of rotatable bonds is 3. The van der Waals surface area contributed by atoms with Crippen LogP contribution in [-0.2, 0) is 15.5 Å². The quantitative estimate of drug-likeness (QED) is 0.480. The van der Waals surface area contributed by atoms with Gasteiger partial charge in [0.15, 0.2) is 0 Å². The SMILES string of the molecule is Cc1ccc2c(c1)B(OC(C)C)Oc1c-2cc(C(C)(C)C)cc1C12CC3CC(CC(C3)C1)C2. The predicted molar refractivity (Wildman–Crippen MR) is 137 cm³/mol. The fourth-order valence-corrected chi connectivity index (χ4v) is 7.86. The van der Waals surface area contributed by atoms with Gasteiger partial charge in [-0.1, -0.05) is 50.6 Å². The summed E-state index contributed by atoms with van der Waals surface area (Å²) in [5.74, 6) is 3.84. The lowest BCUT2D eigenvalue weighted by molar-refractivity contribution is -0.00596. The van der Waals surface area contributed by atoms with Gasteiger partial charge in [-0.3, -0.25) is 0 Å². The third kappa shape index (κ3) is 3.57. The molecule has 0 N–H and O–H groups in total. The number of hydrogen-bond acceptors (Lipinski definition) is 2. The van der Waals surface area contributed by atoms with Gasteiger partial charge in [0.05, 0.1) is 0 Å². The van der Waals surface area contributed by atoms with E-state index in [0.717, 1.165) is 23.5 Å². The molecule has 1 heterocycles. The third-order valence-electron chi connectivity index (χ3n) is 8.94. The fraction of sp³-hybridized carbons (Fsp3) is 0.600. The van der Waals surface area contributed by atoms with Crippen LogP contribution in [0.2, 0.25) is 0 Å². The summed E-state index contributed by atoms with van der Waals surface area (Å²) in [4.78, 5) is 0. The summed E-state index contributed by atoms with van der Waals surface area (Å²) >= 11 is 0. The van der Waals surface area contributed by atoms with Crippen LogP contribution in [0.4, 0.5) is 0 Å². The lowest BCUT2D eigenvalue weighted by atomic mass is 9.47. The molecule has 0 unspecified atom stereocenters. The molecule has 4 fully saturated rings. The highest BCUT2D eigenvalue weighted by Crippen LogP contribution is 2.63. The Morgan fingerprint density at radius 1 is 0.939 bits per heavy atom. The average Bonchev–Trinajstić information content (AvgIpc) is 2.71. The van der Waals surface area contributed by atoms with E-state index >= 15 is 0 Å².